The van der Waals surface area contributed by atoms with E-state index in [1.165, 1.54) is 31.2 Å². The van der Waals surface area contributed by atoms with E-state index in [9.17, 15) is 4.79 Å². The number of aromatic nitrogens is 2. The fourth-order valence-electron chi connectivity index (χ4n) is 3.09. The first-order valence-corrected chi connectivity index (χ1v) is 8.30. The molecule has 0 spiro atoms. The molecule has 1 N–H and O–H groups in total. The van der Waals surface area contributed by atoms with Crippen molar-refractivity contribution >= 4 is 11.7 Å². The molecule has 1 saturated heterocycles. The van der Waals surface area contributed by atoms with E-state index in [0.29, 0.717) is 11.6 Å². The van der Waals surface area contributed by atoms with Crippen LogP contribution in [0.1, 0.15) is 28.8 Å². The number of carbonyl (C=O) groups is 1. The Morgan fingerprint density at radius 2 is 2.17 bits per heavy atom. The van der Waals surface area contributed by atoms with Crippen LogP contribution in [0.5, 0.6) is 0 Å². The molecular weight excluding hydrogens is 304 g/mol. The third-order valence-electron chi connectivity index (χ3n) is 4.45. The molecule has 2 heterocycles. The first-order chi connectivity index (χ1) is 11.7. The highest BCUT2D eigenvalue weighted by molar-refractivity contribution is 5.89. The average molecular weight is 328 g/mol. The summed E-state index contributed by atoms with van der Waals surface area (Å²) >= 11 is 0. The molecule has 0 radical (unpaired) electrons. The van der Waals surface area contributed by atoms with E-state index in [-0.39, 0.29) is 5.97 Å². The number of piperidine rings is 1. The van der Waals surface area contributed by atoms with Crippen LogP contribution in [-0.2, 0) is 18.3 Å². The lowest BCUT2D eigenvalue weighted by Gasteiger charge is -2.34. The van der Waals surface area contributed by atoms with Gasteiger partial charge in [0.2, 0.25) is 0 Å². The topological polar surface area (TPSA) is 59.4 Å². The van der Waals surface area contributed by atoms with E-state index in [4.69, 9.17) is 4.74 Å². The molecule has 0 amide bonds. The molecule has 0 saturated carbocycles. The molecule has 0 bridgehead atoms. The van der Waals surface area contributed by atoms with Gasteiger partial charge in [-0.1, -0.05) is 12.1 Å². The van der Waals surface area contributed by atoms with Crippen molar-refractivity contribution in [1.82, 2.24) is 15.1 Å². The van der Waals surface area contributed by atoms with Crippen molar-refractivity contribution in [2.24, 2.45) is 7.05 Å². The molecule has 3 rings (SSSR count). The van der Waals surface area contributed by atoms with Crippen molar-refractivity contribution in [3.05, 3.63) is 47.8 Å². The average Bonchev–Trinajstić information content (AvgIpc) is 3.06. The zero-order valence-electron chi connectivity index (χ0n) is 14.2. The Hall–Kier alpha value is -2.34. The van der Waals surface area contributed by atoms with Gasteiger partial charge >= 0.3 is 5.97 Å². The first-order valence-electron chi connectivity index (χ1n) is 8.30. The summed E-state index contributed by atoms with van der Waals surface area (Å²) < 4.78 is 6.56. The van der Waals surface area contributed by atoms with Gasteiger partial charge in [-0.2, -0.15) is 5.10 Å². The van der Waals surface area contributed by atoms with Crippen molar-refractivity contribution in [2.45, 2.75) is 25.4 Å². The number of rotatable bonds is 5. The summed E-state index contributed by atoms with van der Waals surface area (Å²) in [6.07, 6.45) is 6.34. The Kier molecular flexibility index (Phi) is 5.15. The molecule has 1 aliphatic heterocycles. The molecule has 6 nitrogen and oxygen atoms in total. The van der Waals surface area contributed by atoms with E-state index in [1.807, 2.05) is 42.2 Å². The third kappa shape index (κ3) is 3.94. The molecule has 1 aromatic heterocycles. The van der Waals surface area contributed by atoms with E-state index < -0.39 is 0 Å². The summed E-state index contributed by atoms with van der Waals surface area (Å²) in [5.74, 6) is -0.297. The van der Waals surface area contributed by atoms with Gasteiger partial charge in [0.1, 0.15) is 0 Å². The normalized spacial score (nSPS) is 17.8. The van der Waals surface area contributed by atoms with Gasteiger partial charge in [0.25, 0.3) is 0 Å². The number of nitrogens with one attached hydrogen (secondary N) is 1. The largest absolute Gasteiger partial charge is 0.465 e. The summed E-state index contributed by atoms with van der Waals surface area (Å²) in [4.78, 5) is 13.8. The summed E-state index contributed by atoms with van der Waals surface area (Å²) in [5, 5.41) is 7.88. The van der Waals surface area contributed by atoms with Crippen LogP contribution in [0.2, 0.25) is 0 Å². The maximum absolute atomic E-state index is 11.5. The molecule has 0 aliphatic carbocycles. The zero-order valence-corrected chi connectivity index (χ0v) is 14.2. The molecule has 128 valence electrons. The lowest BCUT2D eigenvalue weighted by atomic mass is 10.0. The molecule has 24 heavy (non-hydrogen) atoms. The number of esters is 1. The Labute approximate surface area is 142 Å². The highest BCUT2D eigenvalue weighted by Crippen LogP contribution is 2.19. The van der Waals surface area contributed by atoms with Crippen molar-refractivity contribution in [2.75, 3.05) is 25.1 Å². The molecular formula is C18H24N4O2. The summed E-state index contributed by atoms with van der Waals surface area (Å²) in [6, 6.07) is 8.03. The van der Waals surface area contributed by atoms with Gasteiger partial charge in [-0.15, -0.1) is 0 Å². The Bertz CT molecular complexity index is 681. The predicted molar refractivity (Wildman–Crippen MR) is 93.1 cm³/mol. The van der Waals surface area contributed by atoms with Gasteiger partial charge in [-0.25, -0.2) is 4.79 Å². The maximum Gasteiger partial charge on any atom is 0.337 e. The molecule has 1 fully saturated rings. The molecule has 2 aromatic rings. The third-order valence-corrected chi connectivity index (χ3v) is 4.45. The van der Waals surface area contributed by atoms with Crippen LogP contribution < -0.4 is 10.2 Å². The number of nitrogens with zero attached hydrogens (tertiary/aromatic N) is 3. The Morgan fingerprint density at radius 1 is 1.38 bits per heavy atom. The number of carbonyl (C=O) groups excluding carboxylic acids is 1. The second kappa shape index (κ2) is 7.49. The van der Waals surface area contributed by atoms with E-state index in [1.54, 1.807) is 0 Å². The fraction of sp³-hybridized carbons (Fsp3) is 0.444. The zero-order chi connectivity index (χ0) is 16.9. The van der Waals surface area contributed by atoms with Crippen LogP contribution in [0, 0.1) is 0 Å². The smallest absolute Gasteiger partial charge is 0.337 e. The highest BCUT2D eigenvalue weighted by Gasteiger charge is 2.20. The quantitative estimate of drug-likeness (QED) is 0.850. The minimum Gasteiger partial charge on any atom is -0.465 e. The number of aryl methyl sites for hydroxylation is 1. The number of ether oxygens (including phenoxy) is 1. The lowest BCUT2D eigenvalue weighted by molar-refractivity contribution is 0.0600. The van der Waals surface area contributed by atoms with Gasteiger partial charge < -0.3 is 15.0 Å². The summed E-state index contributed by atoms with van der Waals surface area (Å²) in [6.45, 7) is 2.87. The van der Waals surface area contributed by atoms with Crippen LogP contribution in [0.15, 0.2) is 36.7 Å². The number of methoxy groups -OCH3 is 1. The maximum atomic E-state index is 11.5. The Morgan fingerprint density at radius 3 is 2.83 bits per heavy atom. The van der Waals surface area contributed by atoms with Gasteiger partial charge in [-0.3, -0.25) is 4.68 Å². The van der Waals surface area contributed by atoms with Crippen molar-refractivity contribution in [3.8, 4) is 0 Å². The van der Waals surface area contributed by atoms with Gasteiger partial charge in [0, 0.05) is 38.9 Å². The monoisotopic (exact) mass is 328 g/mol. The highest BCUT2D eigenvalue weighted by atomic mass is 16.5. The van der Waals surface area contributed by atoms with Gasteiger partial charge in [0.05, 0.1) is 24.6 Å². The Balaban J connectivity index is 1.53. The van der Waals surface area contributed by atoms with E-state index >= 15 is 0 Å². The number of anilines is 1. The predicted octanol–water partition coefficient (Wildman–Crippen LogP) is 1.97. The minimum atomic E-state index is -0.297. The lowest BCUT2D eigenvalue weighted by Crippen LogP contribution is -2.45. The number of hydrogen-bond acceptors (Lipinski definition) is 5. The second-order valence-electron chi connectivity index (χ2n) is 6.23. The standard InChI is InChI=1S/C18H24N4O2/c1-21-13-17(11-20-21)22-9-3-4-16(12-22)19-10-14-5-7-15(8-6-14)18(23)24-2/h5-8,11,13,16,19H,3-4,9-10,12H2,1-2H3/t16-/m0/s1. The molecule has 1 atom stereocenters. The number of hydrogen-bond donors (Lipinski definition) is 1. The first kappa shape index (κ1) is 16.5. The molecule has 1 aromatic carbocycles. The summed E-state index contributed by atoms with van der Waals surface area (Å²) in [7, 11) is 3.34. The van der Waals surface area contributed by atoms with Gasteiger partial charge in [-0.05, 0) is 30.5 Å². The van der Waals surface area contributed by atoms with Crippen LogP contribution in [0.4, 0.5) is 5.69 Å². The van der Waals surface area contributed by atoms with Crippen LogP contribution in [0.3, 0.4) is 0 Å². The fourth-order valence-corrected chi connectivity index (χ4v) is 3.09. The second-order valence-corrected chi connectivity index (χ2v) is 6.23. The van der Waals surface area contributed by atoms with Crippen LogP contribution in [0.25, 0.3) is 0 Å². The van der Waals surface area contributed by atoms with E-state index in [2.05, 4.69) is 21.5 Å². The van der Waals surface area contributed by atoms with Crippen LogP contribution in [-0.4, -0.2) is 42.0 Å². The van der Waals surface area contributed by atoms with Crippen LogP contribution >= 0.6 is 0 Å². The summed E-state index contributed by atoms with van der Waals surface area (Å²) in [5.41, 5.74) is 2.94. The van der Waals surface area contributed by atoms with Crippen molar-refractivity contribution in [3.63, 3.8) is 0 Å². The molecule has 1 aliphatic rings. The van der Waals surface area contributed by atoms with Crippen molar-refractivity contribution in [1.29, 1.82) is 0 Å². The van der Waals surface area contributed by atoms with E-state index in [0.717, 1.165) is 19.6 Å². The van der Waals surface area contributed by atoms with Crippen molar-refractivity contribution < 1.29 is 9.53 Å². The molecule has 6 heteroatoms. The SMILES string of the molecule is COC(=O)c1ccc(CN[C@H]2CCCN(c3cnn(C)c3)C2)cc1. The van der Waals surface area contributed by atoms with Gasteiger partial charge in [0.15, 0.2) is 0 Å². The minimum absolute atomic E-state index is 0.297. The number of benzene rings is 1. The molecule has 0 unspecified atom stereocenters.